The summed E-state index contributed by atoms with van der Waals surface area (Å²) in [7, 11) is 0. The molecule has 2 aliphatic carbocycles. The second-order valence-electron chi connectivity index (χ2n) is 8.08. The van der Waals surface area contributed by atoms with Crippen molar-refractivity contribution in [2.24, 2.45) is 5.41 Å². The van der Waals surface area contributed by atoms with Crippen LogP contribution in [0, 0.1) is 5.41 Å². The van der Waals surface area contributed by atoms with Crippen LogP contribution in [0.4, 0.5) is 0 Å². The van der Waals surface area contributed by atoms with Gasteiger partial charge < -0.3 is 0 Å². The molecule has 4 rings (SSSR count). The number of amides is 2. The predicted molar refractivity (Wildman–Crippen MR) is 96.6 cm³/mol. The van der Waals surface area contributed by atoms with Gasteiger partial charge in [-0.25, -0.2) is 0 Å². The minimum Gasteiger partial charge on any atom is -0.278 e. The van der Waals surface area contributed by atoms with Gasteiger partial charge in [0.05, 0.1) is 12.1 Å². The van der Waals surface area contributed by atoms with Crippen molar-refractivity contribution in [1.82, 2.24) is 9.80 Å². The Kier molecular flexibility index (Phi) is 4.40. The molecule has 0 bridgehead atoms. The first kappa shape index (κ1) is 16.8. The highest BCUT2D eigenvalue weighted by Crippen LogP contribution is 2.47. The van der Waals surface area contributed by atoms with Crippen LogP contribution in [-0.2, 0) is 22.6 Å². The van der Waals surface area contributed by atoms with Crippen LogP contribution in [-0.4, -0.2) is 34.3 Å². The third-order valence-corrected chi connectivity index (χ3v) is 6.25. The SMILES string of the molecule is CCc1ccc(CN(CN2C(=O)CC3(CCCC3)C2=O)C2CC2)cc1. The maximum atomic E-state index is 12.9. The van der Waals surface area contributed by atoms with Crippen LogP contribution >= 0.6 is 0 Å². The van der Waals surface area contributed by atoms with Crippen molar-refractivity contribution in [2.75, 3.05) is 6.67 Å². The Morgan fingerprint density at radius 3 is 2.32 bits per heavy atom. The Labute approximate surface area is 150 Å². The van der Waals surface area contributed by atoms with E-state index >= 15 is 0 Å². The largest absolute Gasteiger partial charge is 0.278 e. The summed E-state index contributed by atoms with van der Waals surface area (Å²) in [5.41, 5.74) is 2.25. The number of nitrogens with zero attached hydrogens (tertiary/aromatic N) is 2. The molecule has 1 spiro atoms. The van der Waals surface area contributed by atoms with E-state index in [2.05, 4.69) is 36.1 Å². The van der Waals surface area contributed by atoms with Crippen molar-refractivity contribution >= 4 is 11.8 Å². The van der Waals surface area contributed by atoms with Crippen molar-refractivity contribution in [1.29, 1.82) is 0 Å². The molecule has 2 amide bonds. The average Bonchev–Trinajstić information content (AvgIpc) is 3.32. The number of carbonyl (C=O) groups excluding carboxylic acids is 2. The van der Waals surface area contributed by atoms with Gasteiger partial charge in [0.15, 0.2) is 0 Å². The Balaban J connectivity index is 1.46. The minimum absolute atomic E-state index is 0.0406. The van der Waals surface area contributed by atoms with Crippen LogP contribution in [0.3, 0.4) is 0 Å². The quantitative estimate of drug-likeness (QED) is 0.744. The molecule has 0 radical (unpaired) electrons. The highest BCUT2D eigenvalue weighted by atomic mass is 16.2. The molecule has 0 unspecified atom stereocenters. The molecule has 4 nitrogen and oxygen atoms in total. The summed E-state index contributed by atoms with van der Waals surface area (Å²) in [5, 5.41) is 0. The zero-order chi connectivity index (χ0) is 17.4. The number of hydrogen-bond acceptors (Lipinski definition) is 3. The van der Waals surface area contributed by atoms with Gasteiger partial charge in [-0.15, -0.1) is 0 Å². The molecule has 0 N–H and O–H groups in total. The van der Waals surface area contributed by atoms with Crippen molar-refractivity contribution in [2.45, 2.75) is 70.9 Å². The first-order valence-electron chi connectivity index (χ1n) is 9.78. The third-order valence-electron chi connectivity index (χ3n) is 6.25. The van der Waals surface area contributed by atoms with Gasteiger partial charge in [0.1, 0.15) is 0 Å². The minimum atomic E-state index is -0.352. The number of carbonyl (C=O) groups is 2. The monoisotopic (exact) mass is 340 g/mol. The molecule has 0 atom stereocenters. The second kappa shape index (κ2) is 6.56. The number of likely N-dealkylation sites (tertiary alicyclic amines) is 1. The highest BCUT2D eigenvalue weighted by molar-refractivity contribution is 6.06. The zero-order valence-corrected chi connectivity index (χ0v) is 15.2. The molecule has 1 heterocycles. The fraction of sp³-hybridized carbons (Fsp3) is 0.619. The number of rotatable bonds is 6. The van der Waals surface area contributed by atoms with E-state index in [1.54, 1.807) is 4.90 Å². The van der Waals surface area contributed by atoms with Crippen LogP contribution in [0.15, 0.2) is 24.3 Å². The average molecular weight is 340 g/mol. The Bertz CT molecular complexity index is 657. The van der Waals surface area contributed by atoms with Gasteiger partial charge >= 0.3 is 0 Å². The molecule has 2 saturated carbocycles. The van der Waals surface area contributed by atoms with E-state index in [0.717, 1.165) is 38.6 Å². The fourth-order valence-electron chi connectivity index (χ4n) is 4.48. The smallest absolute Gasteiger partial charge is 0.237 e. The van der Waals surface area contributed by atoms with E-state index < -0.39 is 0 Å². The van der Waals surface area contributed by atoms with E-state index in [9.17, 15) is 9.59 Å². The molecule has 1 aromatic rings. The Hall–Kier alpha value is -1.68. The Morgan fingerprint density at radius 2 is 1.72 bits per heavy atom. The molecular weight excluding hydrogens is 312 g/mol. The molecular formula is C21H28N2O2. The molecule has 3 aliphatic rings. The van der Waals surface area contributed by atoms with E-state index in [4.69, 9.17) is 0 Å². The molecule has 1 saturated heterocycles. The summed E-state index contributed by atoms with van der Waals surface area (Å²) >= 11 is 0. The molecule has 1 aromatic carbocycles. The van der Waals surface area contributed by atoms with Crippen molar-refractivity contribution < 1.29 is 9.59 Å². The summed E-state index contributed by atoms with van der Waals surface area (Å²) in [6, 6.07) is 9.24. The molecule has 25 heavy (non-hydrogen) atoms. The summed E-state index contributed by atoms with van der Waals surface area (Å²) in [5.74, 6) is 0.140. The van der Waals surface area contributed by atoms with Crippen LogP contribution in [0.5, 0.6) is 0 Å². The maximum Gasteiger partial charge on any atom is 0.237 e. The lowest BCUT2D eigenvalue weighted by Crippen LogP contribution is -2.43. The highest BCUT2D eigenvalue weighted by Gasteiger charge is 2.53. The lowest BCUT2D eigenvalue weighted by Gasteiger charge is -2.28. The predicted octanol–water partition coefficient (Wildman–Crippen LogP) is 3.49. The summed E-state index contributed by atoms with van der Waals surface area (Å²) in [6.45, 7) is 3.45. The van der Waals surface area contributed by atoms with Gasteiger partial charge in [0.2, 0.25) is 11.8 Å². The summed E-state index contributed by atoms with van der Waals surface area (Å²) in [6.07, 6.45) is 7.81. The number of hydrogen-bond donors (Lipinski definition) is 0. The van der Waals surface area contributed by atoms with E-state index in [0.29, 0.717) is 19.1 Å². The van der Waals surface area contributed by atoms with Crippen molar-refractivity contribution in [3.63, 3.8) is 0 Å². The van der Waals surface area contributed by atoms with Crippen molar-refractivity contribution in [3.8, 4) is 0 Å². The Morgan fingerprint density at radius 1 is 1.08 bits per heavy atom. The van der Waals surface area contributed by atoms with Gasteiger partial charge in [-0.1, -0.05) is 44.0 Å². The van der Waals surface area contributed by atoms with Gasteiger partial charge in [-0.05, 0) is 43.2 Å². The normalized spacial score (nSPS) is 22.6. The lowest BCUT2D eigenvalue weighted by atomic mass is 9.85. The van der Waals surface area contributed by atoms with E-state index in [1.165, 1.54) is 24.0 Å². The topological polar surface area (TPSA) is 40.6 Å². The van der Waals surface area contributed by atoms with Gasteiger partial charge in [0.25, 0.3) is 0 Å². The summed E-state index contributed by atoms with van der Waals surface area (Å²) < 4.78 is 0. The number of imide groups is 1. The molecule has 3 fully saturated rings. The molecule has 134 valence electrons. The third kappa shape index (κ3) is 3.24. The molecule has 0 aromatic heterocycles. The fourth-order valence-corrected chi connectivity index (χ4v) is 4.48. The first-order chi connectivity index (χ1) is 12.1. The van der Waals surface area contributed by atoms with E-state index in [1.807, 2.05) is 0 Å². The van der Waals surface area contributed by atoms with Gasteiger partial charge in [0, 0.05) is 19.0 Å². The van der Waals surface area contributed by atoms with Crippen LogP contribution < -0.4 is 0 Å². The number of benzene rings is 1. The van der Waals surface area contributed by atoms with Crippen LogP contribution in [0.1, 0.15) is 63.0 Å². The van der Waals surface area contributed by atoms with Gasteiger partial charge in [-0.3, -0.25) is 19.4 Å². The van der Waals surface area contributed by atoms with Crippen LogP contribution in [0.25, 0.3) is 0 Å². The van der Waals surface area contributed by atoms with Crippen LogP contribution in [0.2, 0.25) is 0 Å². The van der Waals surface area contributed by atoms with Crippen molar-refractivity contribution in [3.05, 3.63) is 35.4 Å². The maximum absolute atomic E-state index is 12.9. The first-order valence-corrected chi connectivity index (χ1v) is 9.78. The second-order valence-corrected chi connectivity index (χ2v) is 8.08. The standard InChI is InChI=1S/C21H28N2O2/c1-2-16-5-7-17(8-6-16)14-22(18-9-10-18)15-23-19(24)13-21(20(23)25)11-3-4-12-21/h5-8,18H,2-4,9-15H2,1H3. The molecule has 4 heteroatoms. The van der Waals surface area contributed by atoms with Gasteiger partial charge in [-0.2, -0.15) is 0 Å². The lowest BCUT2D eigenvalue weighted by molar-refractivity contribution is -0.144. The van der Waals surface area contributed by atoms with E-state index in [-0.39, 0.29) is 17.2 Å². The molecule has 1 aliphatic heterocycles. The zero-order valence-electron chi connectivity index (χ0n) is 15.2. The number of aryl methyl sites for hydroxylation is 1. The summed E-state index contributed by atoms with van der Waals surface area (Å²) in [4.78, 5) is 29.4.